The van der Waals surface area contributed by atoms with E-state index in [1.54, 1.807) is 12.1 Å². The van der Waals surface area contributed by atoms with E-state index in [1.165, 1.54) is 25.3 Å². The molecule has 2 aliphatic rings. The molecule has 1 aromatic heterocycles. The van der Waals surface area contributed by atoms with Gasteiger partial charge in [0.1, 0.15) is 5.82 Å². The molecule has 0 saturated heterocycles. The third kappa shape index (κ3) is 4.65. The number of aryl methyl sites for hydroxylation is 2. The Morgan fingerprint density at radius 3 is 2.72 bits per heavy atom. The van der Waals surface area contributed by atoms with Crippen molar-refractivity contribution in [3.05, 3.63) is 41.0 Å². The Morgan fingerprint density at radius 1 is 1.17 bits per heavy atom. The largest absolute Gasteiger partial charge is 0.309 e. The van der Waals surface area contributed by atoms with Gasteiger partial charge < -0.3 is 5.32 Å². The minimum atomic E-state index is -0.214. The quantitative estimate of drug-likeness (QED) is 0.728. The topological polar surface area (TPSA) is 54.9 Å². The molecular formula is C24H30FN3O. The van der Waals surface area contributed by atoms with E-state index in [0.29, 0.717) is 30.5 Å². The monoisotopic (exact) mass is 395 g/mol. The van der Waals surface area contributed by atoms with Crippen LogP contribution in [-0.2, 0) is 24.1 Å². The number of hydrogen-bond acceptors (Lipinski definition) is 3. The molecule has 29 heavy (non-hydrogen) atoms. The van der Waals surface area contributed by atoms with Gasteiger partial charge in [0, 0.05) is 12.0 Å². The number of fused-ring (bicyclic) bond motifs is 3. The molecule has 0 radical (unpaired) electrons. The van der Waals surface area contributed by atoms with E-state index in [9.17, 15) is 9.18 Å². The second kappa shape index (κ2) is 8.60. The summed E-state index contributed by atoms with van der Waals surface area (Å²) in [6.07, 6.45) is 8.82. The lowest BCUT2D eigenvalue weighted by Crippen LogP contribution is -2.22. The van der Waals surface area contributed by atoms with Crippen LogP contribution in [0.3, 0.4) is 0 Å². The molecule has 2 aromatic rings. The molecular weight excluding hydrogens is 365 g/mol. The van der Waals surface area contributed by atoms with E-state index < -0.39 is 0 Å². The van der Waals surface area contributed by atoms with Crippen molar-refractivity contribution in [3.63, 3.8) is 0 Å². The second-order valence-corrected chi connectivity index (χ2v) is 8.97. The number of carbonyl (C=O) groups excluding carboxylic acids is 1. The predicted octanol–water partition coefficient (Wildman–Crippen LogP) is 5.49. The van der Waals surface area contributed by atoms with Gasteiger partial charge in [0.05, 0.1) is 17.1 Å². The van der Waals surface area contributed by atoms with Crippen molar-refractivity contribution in [2.75, 3.05) is 5.32 Å². The van der Waals surface area contributed by atoms with Gasteiger partial charge in [-0.05, 0) is 67.7 Å². The first-order chi connectivity index (χ1) is 14.0. The highest BCUT2D eigenvalue weighted by Gasteiger charge is 2.24. The number of nitrogens with zero attached hydrogens (tertiary/aromatic N) is 2. The summed E-state index contributed by atoms with van der Waals surface area (Å²) in [5.74, 6) is 1.34. The van der Waals surface area contributed by atoms with Gasteiger partial charge in [-0.15, -0.1) is 0 Å². The smallest absolute Gasteiger partial charge is 0.225 e. The number of halogens is 1. The maximum absolute atomic E-state index is 13.6. The van der Waals surface area contributed by atoms with Crippen molar-refractivity contribution in [1.29, 1.82) is 0 Å². The third-order valence-corrected chi connectivity index (χ3v) is 6.05. The lowest BCUT2D eigenvalue weighted by Gasteiger charge is -2.23. The normalized spacial score (nSPS) is 16.4. The van der Waals surface area contributed by atoms with Crippen molar-refractivity contribution in [3.8, 4) is 11.3 Å². The van der Waals surface area contributed by atoms with E-state index in [0.717, 1.165) is 53.9 Å². The summed E-state index contributed by atoms with van der Waals surface area (Å²) in [5.41, 5.74) is 4.51. The van der Waals surface area contributed by atoms with Crippen molar-refractivity contribution in [2.45, 2.75) is 71.6 Å². The summed E-state index contributed by atoms with van der Waals surface area (Å²) in [7, 11) is 0. The highest BCUT2D eigenvalue weighted by molar-refractivity contribution is 5.90. The average molecular weight is 396 g/mol. The van der Waals surface area contributed by atoms with Crippen LogP contribution in [0, 0.1) is 17.7 Å². The zero-order chi connectivity index (χ0) is 20.4. The SMILES string of the molecule is CC(C)Cc1nc2c(nc1NC(=O)CC1CCCCC1)CCc1cc(F)ccc1-2. The van der Waals surface area contributed by atoms with Crippen molar-refractivity contribution in [1.82, 2.24) is 9.97 Å². The Bertz CT molecular complexity index is 903. The van der Waals surface area contributed by atoms with Crippen molar-refractivity contribution in [2.24, 2.45) is 11.8 Å². The summed E-state index contributed by atoms with van der Waals surface area (Å²) in [4.78, 5) is 22.5. The number of carbonyl (C=O) groups is 1. The number of hydrogen-bond donors (Lipinski definition) is 1. The summed E-state index contributed by atoms with van der Waals surface area (Å²) < 4.78 is 13.6. The van der Waals surface area contributed by atoms with Gasteiger partial charge in [0.2, 0.25) is 5.91 Å². The molecule has 1 heterocycles. The Kier molecular flexibility index (Phi) is 5.93. The molecule has 2 aliphatic carbocycles. The first kappa shape index (κ1) is 20.0. The Balaban J connectivity index is 1.62. The highest BCUT2D eigenvalue weighted by atomic mass is 19.1. The van der Waals surface area contributed by atoms with Gasteiger partial charge in [-0.3, -0.25) is 4.79 Å². The van der Waals surface area contributed by atoms with Gasteiger partial charge in [-0.2, -0.15) is 0 Å². The first-order valence-electron chi connectivity index (χ1n) is 11.0. The number of anilines is 1. The van der Waals surface area contributed by atoms with Gasteiger partial charge in [0.25, 0.3) is 0 Å². The van der Waals surface area contributed by atoms with E-state index in [1.807, 2.05) is 0 Å². The molecule has 0 atom stereocenters. The molecule has 5 heteroatoms. The summed E-state index contributed by atoms with van der Waals surface area (Å²) in [5, 5.41) is 3.07. The minimum Gasteiger partial charge on any atom is -0.309 e. The summed E-state index contributed by atoms with van der Waals surface area (Å²) in [6.45, 7) is 4.27. The number of benzene rings is 1. The van der Waals surface area contributed by atoms with E-state index in [2.05, 4.69) is 19.2 Å². The Morgan fingerprint density at radius 2 is 1.97 bits per heavy atom. The van der Waals surface area contributed by atoms with Crippen LogP contribution in [0.4, 0.5) is 10.2 Å². The maximum Gasteiger partial charge on any atom is 0.225 e. The van der Waals surface area contributed by atoms with Gasteiger partial charge in [-0.25, -0.2) is 14.4 Å². The fraction of sp³-hybridized carbons (Fsp3) is 0.542. The third-order valence-electron chi connectivity index (χ3n) is 6.05. The zero-order valence-electron chi connectivity index (χ0n) is 17.4. The Hall–Kier alpha value is -2.30. The fourth-order valence-electron chi connectivity index (χ4n) is 4.61. The minimum absolute atomic E-state index is 0.0504. The summed E-state index contributed by atoms with van der Waals surface area (Å²) >= 11 is 0. The van der Waals surface area contributed by atoms with Crippen LogP contribution in [0.2, 0.25) is 0 Å². The molecule has 0 spiro atoms. The van der Waals surface area contributed by atoms with Crippen molar-refractivity contribution < 1.29 is 9.18 Å². The number of aromatic nitrogens is 2. The molecule has 1 amide bonds. The summed E-state index contributed by atoms with van der Waals surface area (Å²) in [6, 6.07) is 4.89. The molecule has 1 aromatic carbocycles. The van der Waals surface area contributed by atoms with E-state index >= 15 is 0 Å². The van der Waals surface area contributed by atoms with Crippen LogP contribution in [0.1, 0.15) is 69.3 Å². The van der Waals surface area contributed by atoms with Crippen LogP contribution >= 0.6 is 0 Å². The maximum atomic E-state index is 13.6. The molecule has 0 bridgehead atoms. The molecule has 4 nitrogen and oxygen atoms in total. The van der Waals surface area contributed by atoms with Crippen LogP contribution in [0.5, 0.6) is 0 Å². The van der Waals surface area contributed by atoms with Crippen LogP contribution in [0.25, 0.3) is 11.3 Å². The number of rotatable bonds is 5. The standard InChI is InChI=1S/C24H30FN3O/c1-15(2)12-21-24(28-22(29)13-16-6-4-3-5-7-16)27-20-11-8-17-14-18(25)9-10-19(17)23(20)26-21/h9-10,14-16H,3-8,11-13H2,1-2H3,(H,27,28,29). The zero-order valence-corrected chi connectivity index (χ0v) is 17.4. The van der Waals surface area contributed by atoms with Gasteiger partial charge >= 0.3 is 0 Å². The number of nitrogens with one attached hydrogen (secondary N) is 1. The van der Waals surface area contributed by atoms with E-state index in [4.69, 9.17) is 9.97 Å². The molecule has 154 valence electrons. The second-order valence-electron chi connectivity index (χ2n) is 8.97. The lowest BCUT2D eigenvalue weighted by molar-refractivity contribution is -0.117. The fourth-order valence-corrected chi connectivity index (χ4v) is 4.61. The average Bonchev–Trinajstić information content (AvgIpc) is 2.68. The van der Waals surface area contributed by atoms with Crippen LogP contribution in [0.15, 0.2) is 18.2 Å². The lowest BCUT2D eigenvalue weighted by atomic mass is 9.87. The molecule has 0 aliphatic heterocycles. The van der Waals surface area contributed by atoms with Crippen molar-refractivity contribution >= 4 is 11.7 Å². The van der Waals surface area contributed by atoms with Crippen LogP contribution in [-0.4, -0.2) is 15.9 Å². The predicted molar refractivity (Wildman–Crippen MR) is 113 cm³/mol. The van der Waals surface area contributed by atoms with Crippen LogP contribution < -0.4 is 5.32 Å². The molecule has 1 fully saturated rings. The van der Waals surface area contributed by atoms with Gasteiger partial charge in [-0.1, -0.05) is 33.1 Å². The molecule has 4 rings (SSSR count). The molecule has 1 saturated carbocycles. The Labute approximate surface area is 172 Å². The molecule has 1 N–H and O–H groups in total. The molecule has 0 unspecified atom stereocenters. The first-order valence-corrected chi connectivity index (χ1v) is 11.0. The van der Waals surface area contributed by atoms with Gasteiger partial charge in [0.15, 0.2) is 5.82 Å². The highest BCUT2D eigenvalue weighted by Crippen LogP contribution is 2.34. The number of amides is 1. The van der Waals surface area contributed by atoms with E-state index in [-0.39, 0.29) is 11.7 Å².